The fourth-order valence-electron chi connectivity index (χ4n) is 8.51. The van der Waals surface area contributed by atoms with Gasteiger partial charge in [0.15, 0.2) is 0 Å². The highest BCUT2D eigenvalue weighted by molar-refractivity contribution is 6.91. The molecule has 4 nitrogen and oxygen atoms in total. The minimum absolute atomic E-state index is 0.478. The van der Waals surface area contributed by atoms with E-state index in [1.165, 1.54) is 0 Å². The SMILES string of the molecule is C#Cc1ccc2nc3c(C#C[Si](C(C)C)(C(C)C)C(C)C)c4nc5ccccc5nc4c(C#C[Si](C(C)C)(C(C)C)C(C)C)c3nc2c1. The van der Waals surface area contributed by atoms with Gasteiger partial charge in [-0.15, -0.1) is 17.5 Å². The smallest absolute Gasteiger partial charge is 0.146 e. The van der Waals surface area contributed by atoms with Crippen molar-refractivity contribution in [2.75, 3.05) is 0 Å². The van der Waals surface area contributed by atoms with Crippen molar-refractivity contribution in [2.24, 2.45) is 0 Å². The Labute approximate surface area is 290 Å². The fraction of sp³-hybridized carbons (Fsp3) is 0.429. The van der Waals surface area contributed by atoms with Crippen molar-refractivity contribution >= 4 is 60.3 Å². The van der Waals surface area contributed by atoms with E-state index in [0.717, 1.165) is 60.8 Å². The van der Waals surface area contributed by atoms with Gasteiger partial charge < -0.3 is 0 Å². The van der Waals surface area contributed by atoms with Crippen LogP contribution in [-0.4, -0.2) is 36.1 Å². The second-order valence-corrected chi connectivity index (χ2v) is 26.4. The minimum atomic E-state index is -2.11. The zero-order valence-electron chi connectivity index (χ0n) is 30.9. The molecule has 3 aromatic carbocycles. The third-order valence-electron chi connectivity index (χ3n) is 10.9. The van der Waals surface area contributed by atoms with Crippen LogP contribution in [0.15, 0.2) is 42.5 Å². The Balaban J connectivity index is 2.05. The van der Waals surface area contributed by atoms with Crippen LogP contribution in [0.4, 0.5) is 0 Å². The lowest BCUT2D eigenvalue weighted by molar-refractivity contribution is 0.838. The summed E-state index contributed by atoms with van der Waals surface area (Å²) in [5.41, 5.74) is 19.2. The lowest BCUT2D eigenvalue weighted by Gasteiger charge is -2.38. The normalized spacial score (nSPS) is 12.5. The summed E-state index contributed by atoms with van der Waals surface area (Å²) in [5.74, 6) is 10.3. The molecule has 5 aromatic rings. The molecule has 48 heavy (non-hydrogen) atoms. The Morgan fingerprint density at radius 3 is 1.15 bits per heavy atom. The van der Waals surface area contributed by atoms with Gasteiger partial charge in [-0.1, -0.05) is 113 Å². The molecule has 2 heterocycles. The second-order valence-electron chi connectivity index (χ2n) is 15.2. The lowest BCUT2D eigenvalue weighted by Crippen LogP contribution is -2.43. The molecule has 0 radical (unpaired) electrons. The van der Waals surface area contributed by atoms with Gasteiger partial charge in [-0.2, -0.15) is 0 Å². The molecule has 246 valence electrons. The molecule has 0 aliphatic carbocycles. The van der Waals surface area contributed by atoms with Crippen LogP contribution < -0.4 is 0 Å². The molecular formula is C42H50N4Si2. The summed E-state index contributed by atoms with van der Waals surface area (Å²) in [5, 5.41) is 0. The molecule has 0 bridgehead atoms. The maximum Gasteiger partial charge on any atom is 0.146 e. The first-order chi connectivity index (χ1) is 22.7. The van der Waals surface area contributed by atoms with Crippen molar-refractivity contribution in [1.82, 2.24) is 19.9 Å². The summed E-state index contributed by atoms with van der Waals surface area (Å²) in [6, 6.07) is 13.9. The average Bonchev–Trinajstić information content (AvgIpc) is 3.02. The number of rotatable bonds is 6. The molecule has 0 atom stereocenters. The van der Waals surface area contributed by atoms with Crippen molar-refractivity contribution in [1.29, 1.82) is 0 Å². The van der Waals surface area contributed by atoms with Crippen molar-refractivity contribution < 1.29 is 0 Å². The van der Waals surface area contributed by atoms with Gasteiger partial charge in [0.25, 0.3) is 0 Å². The van der Waals surface area contributed by atoms with Gasteiger partial charge in [0.05, 0.1) is 33.2 Å². The highest BCUT2D eigenvalue weighted by Gasteiger charge is 2.43. The van der Waals surface area contributed by atoms with Crippen LogP contribution in [0.5, 0.6) is 0 Å². The first kappa shape index (κ1) is 35.3. The summed E-state index contributed by atoms with van der Waals surface area (Å²) in [4.78, 5) is 21.1. The van der Waals surface area contributed by atoms with Crippen LogP contribution in [0.3, 0.4) is 0 Å². The van der Waals surface area contributed by atoms with Crippen LogP contribution >= 0.6 is 0 Å². The maximum absolute atomic E-state index is 5.82. The van der Waals surface area contributed by atoms with E-state index in [1.54, 1.807) is 0 Å². The summed E-state index contributed by atoms with van der Waals surface area (Å²) >= 11 is 0. The number of aromatic nitrogens is 4. The van der Waals surface area contributed by atoms with Gasteiger partial charge >= 0.3 is 0 Å². The number of fused-ring (bicyclic) bond motifs is 4. The molecule has 5 rings (SSSR count). The van der Waals surface area contributed by atoms with Gasteiger partial charge in [0.1, 0.15) is 38.2 Å². The largest absolute Gasteiger partial charge is 0.243 e. The van der Waals surface area contributed by atoms with Gasteiger partial charge in [-0.3, -0.25) is 0 Å². The Morgan fingerprint density at radius 2 is 0.812 bits per heavy atom. The van der Waals surface area contributed by atoms with E-state index in [1.807, 2.05) is 42.5 Å². The lowest BCUT2D eigenvalue weighted by atomic mass is 10.0. The predicted molar refractivity (Wildman–Crippen MR) is 211 cm³/mol. The summed E-state index contributed by atoms with van der Waals surface area (Å²) in [7, 11) is -4.20. The monoisotopic (exact) mass is 666 g/mol. The Morgan fingerprint density at radius 1 is 0.479 bits per heavy atom. The van der Waals surface area contributed by atoms with E-state index in [4.69, 9.17) is 26.4 Å². The van der Waals surface area contributed by atoms with Crippen molar-refractivity contribution in [3.8, 4) is 35.3 Å². The van der Waals surface area contributed by atoms with Gasteiger partial charge in [-0.25, -0.2) is 19.9 Å². The molecule has 2 aromatic heterocycles. The number of hydrogen-bond donors (Lipinski definition) is 0. The Hall–Kier alpha value is -4.03. The van der Waals surface area contributed by atoms with Crippen LogP contribution in [-0.2, 0) is 0 Å². The topological polar surface area (TPSA) is 51.6 Å². The predicted octanol–water partition coefficient (Wildman–Crippen LogP) is 11.0. The van der Waals surface area contributed by atoms with Gasteiger partial charge in [-0.05, 0) is 63.6 Å². The van der Waals surface area contributed by atoms with E-state index in [-0.39, 0.29) is 0 Å². The van der Waals surface area contributed by atoms with E-state index < -0.39 is 16.1 Å². The number of terminal acetylenes is 1. The molecule has 0 fully saturated rings. The number of hydrogen-bond acceptors (Lipinski definition) is 4. The maximum atomic E-state index is 5.82. The third-order valence-corrected chi connectivity index (χ3v) is 23.5. The number of nitrogens with zero attached hydrogens (tertiary/aromatic N) is 4. The first-order valence-corrected chi connectivity index (χ1v) is 22.0. The minimum Gasteiger partial charge on any atom is -0.243 e. The third kappa shape index (κ3) is 5.83. The second kappa shape index (κ2) is 13.5. The summed E-state index contributed by atoms with van der Waals surface area (Å²) in [6.45, 7) is 28.1. The molecule has 0 N–H and O–H groups in total. The first-order valence-electron chi connectivity index (χ1n) is 17.6. The van der Waals surface area contributed by atoms with Crippen LogP contribution in [0.1, 0.15) is 99.8 Å². The molecular weight excluding hydrogens is 617 g/mol. The molecule has 0 aliphatic rings. The summed E-state index contributed by atoms with van der Waals surface area (Å²) in [6.07, 6.45) is 5.82. The van der Waals surface area contributed by atoms with Crippen molar-refractivity contribution in [3.05, 3.63) is 59.2 Å². The van der Waals surface area contributed by atoms with Gasteiger partial charge in [0.2, 0.25) is 0 Å². The van der Waals surface area contributed by atoms with E-state index >= 15 is 0 Å². The standard InChI is InChI=1S/C42H50N4Si2/c1-14-32-19-20-37-38(25-32)46-42-34(22-24-48(29(8)9,30(10)11)31(12)13)40-39(43-35-17-15-16-18-36(35)44-40)33(41(42)45-37)21-23-47(26(2)3,27(4)5)28(6)7/h1,15-20,25-31H,2-13H3. The Bertz CT molecular complexity index is 2150. The average molecular weight is 667 g/mol. The van der Waals surface area contributed by atoms with Crippen molar-refractivity contribution in [2.45, 2.75) is 116 Å². The molecule has 0 saturated carbocycles. The quantitative estimate of drug-likeness (QED) is 0.103. The zero-order chi connectivity index (χ0) is 35.1. The van der Waals surface area contributed by atoms with E-state index in [9.17, 15) is 0 Å². The highest BCUT2D eigenvalue weighted by atomic mass is 28.3. The van der Waals surface area contributed by atoms with Crippen molar-refractivity contribution in [3.63, 3.8) is 0 Å². The van der Waals surface area contributed by atoms with Crippen LogP contribution in [0.2, 0.25) is 33.2 Å². The van der Waals surface area contributed by atoms with Crippen LogP contribution in [0.25, 0.3) is 44.1 Å². The van der Waals surface area contributed by atoms with Gasteiger partial charge in [0, 0.05) is 5.56 Å². The zero-order valence-corrected chi connectivity index (χ0v) is 32.9. The van der Waals surface area contributed by atoms with Crippen LogP contribution in [0, 0.1) is 35.3 Å². The molecule has 0 spiro atoms. The fourth-order valence-corrected chi connectivity index (χ4v) is 18.9. The number of benzene rings is 3. The molecule has 6 heteroatoms. The summed E-state index contributed by atoms with van der Waals surface area (Å²) < 4.78 is 0. The molecule has 0 unspecified atom stereocenters. The van der Waals surface area contributed by atoms with E-state index in [0.29, 0.717) is 33.2 Å². The molecule has 0 saturated heterocycles. The number of para-hydroxylation sites is 2. The van der Waals surface area contributed by atoms with E-state index in [2.05, 4.69) is 112 Å². The highest BCUT2D eigenvalue weighted by Crippen LogP contribution is 2.43. The Kier molecular flexibility index (Phi) is 9.90. The molecule has 0 aliphatic heterocycles. The molecule has 0 amide bonds.